The quantitative estimate of drug-likeness (QED) is 0.873. The van der Waals surface area contributed by atoms with Crippen LogP contribution in [-0.4, -0.2) is 64.6 Å². The van der Waals surface area contributed by atoms with Crippen molar-refractivity contribution < 1.29 is 14.3 Å². The van der Waals surface area contributed by atoms with Crippen molar-refractivity contribution in [3.63, 3.8) is 0 Å². The van der Waals surface area contributed by atoms with Gasteiger partial charge in [0.1, 0.15) is 11.5 Å². The smallest absolute Gasteiger partial charge is 0.409 e. The van der Waals surface area contributed by atoms with Crippen molar-refractivity contribution in [3.05, 3.63) is 47.4 Å². The number of nitrogens with zero attached hydrogens (tertiary/aromatic N) is 4. The van der Waals surface area contributed by atoms with Crippen molar-refractivity contribution >= 4 is 23.5 Å². The minimum atomic E-state index is -0.337. The molecule has 1 aliphatic heterocycles. The molecule has 1 aromatic carbocycles. The van der Waals surface area contributed by atoms with Crippen LogP contribution in [0, 0.1) is 13.8 Å². The lowest BCUT2D eigenvalue weighted by molar-refractivity contribution is 0.0565. The number of carbonyl (C=O) groups is 2. The van der Waals surface area contributed by atoms with E-state index in [2.05, 4.69) is 21.4 Å². The third-order valence-electron chi connectivity index (χ3n) is 4.46. The van der Waals surface area contributed by atoms with Crippen LogP contribution in [0.15, 0.2) is 30.6 Å². The fraction of sp³-hybridized carbons (Fsp3) is 0.400. The molecule has 0 atom stereocenters. The van der Waals surface area contributed by atoms with Crippen molar-refractivity contribution in [2.24, 2.45) is 0 Å². The number of amides is 2. The van der Waals surface area contributed by atoms with Gasteiger partial charge in [0.05, 0.1) is 19.0 Å². The van der Waals surface area contributed by atoms with Crippen LogP contribution in [0.3, 0.4) is 0 Å². The highest BCUT2D eigenvalue weighted by atomic mass is 16.6. The van der Waals surface area contributed by atoms with Gasteiger partial charge in [-0.1, -0.05) is 6.07 Å². The summed E-state index contributed by atoms with van der Waals surface area (Å²) in [5, 5.41) is 3.20. The number of nitrogens with one attached hydrogen (secondary N) is 1. The van der Waals surface area contributed by atoms with Gasteiger partial charge in [0, 0.05) is 31.9 Å². The van der Waals surface area contributed by atoms with Gasteiger partial charge in [-0.2, -0.15) is 0 Å². The third kappa shape index (κ3) is 4.76. The fourth-order valence-electron chi connectivity index (χ4n) is 3.17. The van der Waals surface area contributed by atoms with Crippen LogP contribution < -0.4 is 5.32 Å². The number of rotatable bonds is 4. The predicted octanol–water partition coefficient (Wildman–Crippen LogP) is 2.75. The van der Waals surface area contributed by atoms with Crippen LogP contribution in [0.5, 0.6) is 0 Å². The Labute approximate surface area is 164 Å². The molecule has 0 aliphatic carbocycles. The van der Waals surface area contributed by atoms with Gasteiger partial charge < -0.3 is 19.9 Å². The Bertz CT molecular complexity index is 825. The summed E-state index contributed by atoms with van der Waals surface area (Å²) >= 11 is 0. The van der Waals surface area contributed by atoms with E-state index in [0.717, 1.165) is 16.8 Å². The van der Waals surface area contributed by atoms with E-state index in [4.69, 9.17) is 4.74 Å². The monoisotopic (exact) mass is 383 g/mol. The summed E-state index contributed by atoms with van der Waals surface area (Å²) in [4.78, 5) is 36.2. The summed E-state index contributed by atoms with van der Waals surface area (Å²) in [6.45, 7) is 7.98. The first kappa shape index (κ1) is 19.6. The molecule has 2 aromatic rings. The molecular formula is C20H25N5O3. The molecule has 2 heterocycles. The van der Waals surface area contributed by atoms with Gasteiger partial charge in [-0.25, -0.2) is 14.8 Å². The SMILES string of the molecule is CCOC(=O)N1CCN(C(=O)c2cnc(Nc3cc(C)cc(C)c3)cn2)CC1. The minimum Gasteiger partial charge on any atom is -0.450 e. The van der Waals surface area contributed by atoms with E-state index in [1.807, 2.05) is 26.0 Å². The van der Waals surface area contributed by atoms with Gasteiger partial charge in [-0.15, -0.1) is 0 Å². The maximum Gasteiger partial charge on any atom is 0.409 e. The normalized spacial score (nSPS) is 14.0. The second-order valence-corrected chi connectivity index (χ2v) is 6.77. The van der Waals surface area contributed by atoms with E-state index in [1.54, 1.807) is 22.9 Å². The van der Waals surface area contributed by atoms with Crippen LogP contribution in [-0.2, 0) is 4.74 Å². The summed E-state index contributed by atoms with van der Waals surface area (Å²) in [7, 11) is 0. The Morgan fingerprint density at radius 1 is 1.00 bits per heavy atom. The van der Waals surface area contributed by atoms with Gasteiger partial charge in [-0.3, -0.25) is 4.79 Å². The van der Waals surface area contributed by atoms with Crippen LogP contribution in [0.1, 0.15) is 28.5 Å². The number of hydrogen-bond acceptors (Lipinski definition) is 6. The van der Waals surface area contributed by atoms with Crippen molar-refractivity contribution in [3.8, 4) is 0 Å². The highest BCUT2D eigenvalue weighted by Gasteiger charge is 2.26. The highest BCUT2D eigenvalue weighted by Crippen LogP contribution is 2.18. The lowest BCUT2D eigenvalue weighted by Crippen LogP contribution is -2.50. The van der Waals surface area contributed by atoms with Crippen LogP contribution in [0.25, 0.3) is 0 Å². The van der Waals surface area contributed by atoms with Crippen molar-refractivity contribution in [1.82, 2.24) is 19.8 Å². The van der Waals surface area contributed by atoms with Crippen LogP contribution in [0.4, 0.5) is 16.3 Å². The van der Waals surface area contributed by atoms with Gasteiger partial charge in [0.25, 0.3) is 5.91 Å². The Hall–Kier alpha value is -3.16. The van der Waals surface area contributed by atoms with Gasteiger partial charge >= 0.3 is 6.09 Å². The first-order chi connectivity index (χ1) is 13.5. The number of anilines is 2. The Kier molecular flexibility index (Phi) is 6.08. The standard InChI is InChI=1S/C20H25N5O3/c1-4-28-20(27)25-7-5-24(6-8-25)19(26)17-12-22-18(13-21-17)23-16-10-14(2)9-15(3)11-16/h9-13H,4-8H2,1-3H3,(H,22,23). The topological polar surface area (TPSA) is 87.7 Å². The largest absolute Gasteiger partial charge is 0.450 e. The molecule has 3 rings (SSSR count). The molecule has 0 unspecified atom stereocenters. The van der Waals surface area contributed by atoms with Crippen molar-refractivity contribution in [1.29, 1.82) is 0 Å². The van der Waals surface area contributed by atoms with Crippen LogP contribution >= 0.6 is 0 Å². The number of aryl methyl sites for hydroxylation is 2. The van der Waals surface area contributed by atoms with E-state index >= 15 is 0 Å². The Balaban J connectivity index is 1.59. The number of benzene rings is 1. The van der Waals surface area contributed by atoms with Gasteiger partial charge in [0.2, 0.25) is 0 Å². The molecule has 0 spiro atoms. The third-order valence-corrected chi connectivity index (χ3v) is 4.46. The van der Waals surface area contributed by atoms with E-state index in [9.17, 15) is 9.59 Å². The minimum absolute atomic E-state index is 0.186. The van der Waals surface area contributed by atoms with Crippen LogP contribution in [0.2, 0.25) is 0 Å². The second kappa shape index (κ2) is 8.69. The molecular weight excluding hydrogens is 358 g/mol. The number of ether oxygens (including phenoxy) is 1. The molecule has 1 aliphatic rings. The molecule has 1 fully saturated rings. The second-order valence-electron chi connectivity index (χ2n) is 6.77. The predicted molar refractivity (Wildman–Crippen MR) is 106 cm³/mol. The first-order valence-electron chi connectivity index (χ1n) is 9.34. The van der Waals surface area contributed by atoms with Gasteiger partial charge in [0.15, 0.2) is 0 Å². The summed E-state index contributed by atoms with van der Waals surface area (Å²) in [6, 6.07) is 6.15. The van der Waals surface area contributed by atoms with E-state index in [0.29, 0.717) is 38.6 Å². The summed E-state index contributed by atoms with van der Waals surface area (Å²) < 4.78 is 4.99. The summed E-state index contributed by atoms with van der Waals surface area (Å²) in [5.41, 5.74) is 3.53. The Morgan fingerprint density at radius 2 is 1.64 bits per heavy atom. The van der Waals surface area contributed by atoms with E-state index < -0.39 is 0 Å². The molecule has 1 aromatic heterocycles. The summed E-state index contributed by atoms with van der Waals surface area (Å²) in [6.07, 6.45) is 2.70. The number of aromatic nitrogens is 2. The van der Waals surface area contributed by atoms with Gasteiger partial charge in [-0.05, 0) is 44.0 Å². The number of piperazine rings is 1. The van der Waals surface area contributed by atoms with E-state index in [-0.39, 0.29) is 17.7 Å². The number of hydrogen-bond donors (Lipinski definition) is 1. The zero-order chi connectivity index (χ0) is 20.1. The first-order valence-corrected chi connectivity index (χ1v) is 9.34. The molecule has 1 N–H and O–H groups in total. The average molecular weight is 383 g/mol. The molecule has 0 saturated carbocycles. The molecule has 8 nitrogen and oxygen atoms in total. The molecule has 0 radical (unpaired) electrons. The Morgan fingerprint density at radius 3 is 2.21 bits per heavy atom. The maximum absolute atomic E-state index is 12.6. The van der Waals surface area contributed by atoms with Crippen molar-refractivity contribution in [2.75, 3.05) is 38.1 Å². The molecule has 0 bridgehead atoms. The molecule has 28 heavy (non-hydrogen) atoms. The molecule has 2 amide bonds. The fourth-order valence-corrected chi connectivity index (χ4v) is 3.17. The zero-order valence-corrected chi connectivity index (χ0v) is 16.4. The van der Waals surface area contributed by atoms with Crippen molar-refractivity contribution in [2.45, 2.75) is 20.8 Å². The highest BCUT2D eigenvalue weighted by molar-refractivity contribution is 5.92. The van der Waals surface area contributed by atoms with E-state index in [1.165, 1.54) is 6.20 Å². The zero-order valence-electron chi connectivity index (χ0n) is 16.4. The molecule has 1 saturated heterocycles. The maximum atomic E-state index is 12.6. The number of carbonyl (C=O) groups excluding carboxylic acids is 2. The average Bonchev–Trinajstić information content (AvgIpc) is 2.67. The molecule has 148 valence electrons. The molecule has 8 heteroatoms. The lowest BCUT2D eigenvalue weighted by atomic mass is 10.1. The lowest BCUT2D eigenvalue weighted by Gasteiger charge is -2.33. The summed E-state index contributed by atoms with van der Waals surface area (Å²) in [5.74, 6) is 0.391.